The summed E-state index contributed by atoms with van der Waals surface area (Å²) in [6, 6.07) is 0. The monoisotopic (exact) mass is 302 g/mol. The minimum absolute atomic E-state index is 0.128. The van der Waals surface area contributed by atoms with Gasteiger partial charge < -0.3 is 16.0 Å². The van der Waals surface area contributed by atoms with Gasteiger partial charge in [-0.2, -0.15) is 15.0 Å². The van der Waals surface area contributed by atoms with Crippen LogP contribution in [-0.4, -0.2) is 55.0 Å². The largest absolute Gasteiger partial charge is 0.368 e. The van der Waals surface area contributed by atoms with Gasteiger partial charge in [0, 0.05) is 25.9 Å². The Hall–Kier alpha value is -1.64. The van der Waals surface area contributed by atoms with Gasteiger partial charge in [0.2, 0.25) is 17.8 Å². The van der Waals surface area contributed by atoms with Crippen molar-refractivity contribution in [1.82, 2.24) is 15.0 Å². The molecule has 0 aliphatic rings. The second-order valence-electron chi connectivity index (χ2n) is 4.40. The number of nitrogens with zero attached hydrogens (tertiary/aromatic N) is 4. The Morgan fingerprint density at radius 3 is 2.40 bits per heavy atom. The standard InChI is InChI=1S/C11H22N6O2S/c1-4-17(5-2)11-15-9(12)14-10(16-11)13-7-6-8-20(3,18)19/h4-8H2,1-3H3,(H3,12,13,14,15,16). The Labute approximate surface area is 119 Å². The lowest BCUT2D eigenvalue weighted by molar-refractivity contribution is 0.600. The Kier molecular flexibility index (Phi) is 5.93. The normalized spacial score (nSPS) is 11.3. The second-order valence-corrected chi connectivity index (χ2v) is 6.66. The van der Waals surface area contributed by atoms with E-state index in [0.717, 1.165) is 13.1 Å². The highest BCUT2D eigenvalue weighted by Crippen LogP contribution is 2.11. The molecule has 0 spiro atoms. The smallest absolute Gasteiger partial charge is 0.231 e. The third-order valence-corrected chi connectivity index (χ3v) is 3.69. The average Bonchev–Trinajstić information content (AvgIpc) is 2.34. The zero-order valence-electron chi connectivity index (χ0n) is 12.1. The minimum atomic E-state index is -2.94. The van der Waals surface area contributed by atoms with Crippen LogP contribution in [0.15, 0.2) is 0 Å². The molecule has 8 nitrogen and oxygen atoms in total. The quantitative estimate of drug-likeness (QED) is 0.652. The van der Waals surface area contributed by atoms with Crippen molar-refractivity contribution in [1.29, 1.82) is 0 Å². The van der Waals surface area contributed by atoms with E-state index in [0.29, 0.717) is 24.9 Å². The number of sulfone groups is 1. The molecular formula is C11H22N6O2S. The Morgan fingerprint density at radius 1 is 1.20 bits per heavy atom. The van der Waals surface area contributed by atoms with Crippen molar-refractivity contribution >= 4 is 27.7 Å². The van der Waals surface area contributed by atoms with E-state index in [1.807, 2.05) is 18.7 Å². The Bertz CT molecular complexity index is 530. The van der Waals surface area contributed by atoms with E-state index < -0.39 is 9.84 Å². The molecular weight excluding hydrogens is 280 g/mol. The Balaban J connectivity index is 2.66. The minimum Gasteiger partial charge on any atom is -0.368 e. The van der Waals surface area contributed by atoms with Gasteiger partial charge in [0.1, 0.15) is 9.84 Å². The van der Waals surface area contributed by atoms with E-state index in [4.69, 9.17) is 5.73 Å². The summed E-state index contributed by atoms with van der Waals surface area (Å²) in [5.41, 5.74) is 5.66. The molecule has 0 saturated carbocycles. The maximum Gasteiger partial charge on any atom is 0.231 e. The molecule has 0 aliphatic heterocycles. The first-order chi connectivity index (χ1) is 9.35. The fraction of sp³-hybridized carbons (Fsp3) is 0.727. The predicted molar refractivity (Wildman–Crippen MR) is 80.6 cm³/mol. The molecule has 3 N–H and O–H groups in total. The van der Waals surface area contributed by atoms with Crippen molar-refractivity contribution in [2.24, 2.45) is 0 Å². The summed E-state index contributed by atoms with van der Waals surface area (Å²) in [5, 5.41) is 2.97. The predicted octanol–water partition coefficient (Wildman–Crippen LogP) is 0.147. The highest BCUT2D eigenvalue weighted by molar-refractivity contribution is 7.90. The first-order valence-corrected chi connectivity index (χ1v) is 8.59. The van der Waals surface area contributed by atoms with E-state index in [-0.39, 0.29) is 11.7 Å². The zero-order valence-corrected chi connectivity index (χ0v) is 12.9. The lowest BCUT2D eigenvalue weighted by Crippen LogP contribution is -2.25. The number of hydrogen-bond acceptors (Lipinski definition) is 8. The van der Waals surface area contributed by atoms with Gasteiger partial charge in [-0.05, 0) is 20.3 Å². The zero-order chi connectivity index (χ0) is 15.2. The van der Waals surface area contributed by atoms with Crippen LogP contribution in [0.5, 0.6) is 0 Å². The average molecular weight is 302 g/mol. The topological polar surface area (TPSA) is 114 Å². The van der Waals surface area contributed by atoms with E-state index >= 15 is 0 Å². The number of nitrogens with one attached hydrogen (secondary N) is 1. The van der Waals surface area contributed by atoms with E-state index in [1.165, 1.54) is 6.26 Å². The van der Waals surface area contributed by atoms with Crippen LogP contribution >= 0.6 is 0 Å². The van der Waals surface area contributed by atoms with Crippen LogP contribution in [0.25, 0.3) is 0 Å². The molecule has 0 aliphatic carbocycles. The van der Waals surface area contributed by atoms with Gasteiger partial charge in [0.25, 0.3) is 0 Å². The van der Waals surface area contributed by atoms with Crippen LogP contribution in [0.2, 0.25) is 0 Å². The second kappa shape index (κ2) is 7.22. The number of nitrogen functional groups attached to an aromatic ring is 1. The van der Waals surface area contributed by atoms with Crippen LogP contribution in [-0.2, 0) is 9.84 Å². The van der Waals surface area contributed by atoms with E-state index in [2.05, 4.69) is 20.3 Å². The fourth-order valence-corrected chi connectivity index (χ4v) is 2.31. The van der Waals surface area contributed by atoms with Crippen LogP contribution in [0, 0.1) is 0 Å². The first-order valence-electron chi connectivity index (χ1n) is 6.53. The highest BCUT2D eigenvalue weighted by atomic mass is 32.2. The number of hydrogen-bond donors (Lipinski definition) is 2. The van der Waals surface area contributed by atoms with E-state index in [1.54, 1.807) is 0 Å². The lowest BCUT2D eigenvalue weighted by Gasteiger charge is -2.19. The number of aromatic nitrogens is 3. The van der Waals surface area contributed by atoms with Crippen LogP contribution < -0.4 is 16.0 Å². The highest BCUT2D eigenvalue weighted by Gasteiger charge is 2.09. The maximum atomic E-state index is 11.0. The van der Waals surface area contributed by atoms with Gasteiger partial charge in [0.05, 0.1) is 5.75 Å². The van der Waals surface area contributed by atoms with Crippen molar-refractivity contribution in [3.8, 4) is 0 Å². The first kappa shape index (κ1) is 16.4. The molecule has 0 saturated heterocycles. The van der Waals surface area contributed by atoms with Gasteiger partial charge >= 0.3 is 0 Å². The molecule has 20 heavy (non-hydrogen) atoms. The van der Waals surface area contributed by atoms with Gasteiger partial charge in [-0.25, -0.2) is 8.42 Å². The summed E-state index contributed by atoms with van der Waals surface area (Å²) in [6.07, 6.45) is 1.71. The van der Waals surface area contributed by atoms with Crippen molar-refractivity contribution in [2.45, 2.75) is 20.3 Å². The summed E-state index contributed by atoms with van der Waals surface area (Å²) in [5.74, 6) is 1.16. The van der Waals surface area contributed by atoms with Gasteiger partial charge in [0.15, 0.2) is 0 Å². The molecule has 0 radical (unpaired) electrons. The molecule has 0 atom stereocenters. The summed E-state index contributed by atoms with van der Waals surface area (Å²) >= 11 is 0. The van der Waals surface area contributed by atoms with Crippen LogP contribution in [0.1, 0.15) is 20.3 Å². The van der Waals surface area contributed by atoms with Crippen molar-refractivity contribution in [3.63, 3.8) is 0 Å². The molecule has 1 aromatic heterocycles. The molecule has 1 aromatic rings. The fourth-order valence-electron chi connectivity index (χ4n) is 1.64. The molecule has 1 heterocycles. The molecule has 1 rings (SSSR count). The number of anilines is 3. The van der Waals surface area contributed by atoms with Crippen molar-refractivity contribution in [2.75, 3.05) is 47.6 Å². The Morgan fingerprint density at radius 2 is 1.85 bits per heavy atom. The van der Waals surface area contributed by atoms with Gasteiger partial charge in [-0.1, -0.05) is 0 Å². The molecule has 9 heteroatoms. The van der Waals surface area contributed by atoms with Crippen LogP contribution in [0.4, 0.5) is 17.8 Å². The summed E-state index contributed by atoms with van der Waals surface area (Å²) in [7, 11) is -2.94. The van der Waals surface area contributed by atoms with Crippen molar-refractivity contribution < 1.29 is 8.42 Å². The molecule has 0 aromatic carbocycles. The van der Waals surface area contributed by atoms with Gasteiger partial charge in [-0.3, -0.25) is 0 Å². The lowest BCUT2D eigenvalue weighted by atomic mass is 10.5. The number of nitrogens with two attached hydrogens (primary N) is 1. The third kappa shape index (κ3) is 5.55. The summed E-state index contributed by atoms with van der Waals surface area (Å²) < 4.78 is 22.0. The third-order valence-electron chi connectivity index (χ3n) is 2.66. The summed E-state index contributed by atoms with van der Waals surface area (Å²) in [6.45, 7) is 6.01. The van der Waals surface area contributed by atoms with Crippen LogP contribution in [0.3, 0.4) is 0 Å². The van der Waals surface area contributed by atoms with E-state index in [9.17, 15) is 8.42 Å². The van der Waals surface area contributed by atoms with Crippen molar-refractivity contribution in [3.05, 3.63) is 0 Å². The number of rotatable bonds is 8. The molecule has 0 bridgehead atoms. The summed E-state index contributed by atoms with van der Waals surface area (Å²) in [4.78, 5) is 14.3. The molecule has 0 amide bonds. The SMILES string of the molecule is CCN(CC)c1nc(N)nc(NCCCS(C)(=O)=O)n1. The molecule has 114 valence electrons. The molecule has 0 fully saturated rings. The van der Waals surface area contributed by atoms with Gasteiger partial charge in [-0.15, -0.1) is 0 Å². The molecule has 0 unspecified atom stereocenters. The maximum absolute atomic E-state index is 11.0.